The van der Waals surface area contributed by atoms with Crippen LogP contribution in [0.15, 0.2) is 16.6 Å². The van der Waals surface area contributed by atoms with E-state index in [0.717, 1.165) is 10.9 Å². The van der Waals surface area contributed by atoms with E-state index in [2.05, 4.69) is 21.2 Å². The largest absolute Gasteiger partial charge is 0.308 e. The molecule has 1 aromatic carbocycles. The van der Waals surface area contributed by atoms with E-state index in [0.29, 0.717) is 28.3 Å². The predicted molar refractivity (Wildman–Crippen MR) is 81.1 cm³/mol. The fourth-order valence-electron chi connectivity index (χ4n) is 2.38. The first-order chi connectivity index (χ1) is 9.06. The van der Waals surface area contributed by atoms with E-state index < -0.39 is 0 Å². The van der Waals surface area contributed by atoms with Crippen LogP contribution in [0.4, 0.5) is 5.69 Å². The van der Waals surface area contributed by atoms with Crippen molar-refractivity contribution in [1.29, 1.82) is 0 Å². The van der Waals surface area contributed by atoms with Crippen molar-refractivity contribution in [2.75, 3.05) is 11.4 Å². The van der Waals surface area contributed by atoms with Crippen molar-refractivity contribution in [1.82, 2.24) is 5.32 Å². The van der Waals surface area contributed by atoms with Gasteiger partial charge < -0.3 is 10.2 Å². The van der Waals surface area contributed by atoms with Gasteiger partial charge >= 0.3 is 0 Å². The molecule has 1 saturated carbocycles. The molecule has 1 atom stereocenters. The Morgan fingerprint density at radius 3 is 2.42 bits per heavy atom. The minimum Gasteiger partial charge on any atom is -0.308 e. The topological polar surface area (TPSA) is 32.3 Å². The zero-order valence-corrected chi connectivity index (χ0v) is 13.2. The highest BCUT2D eigenvalue weighted by Crippen LogP contribution is 2.38. The zero-order valence-electron chi connectivity index (χ0n) is 10.1. The van der Waals surface area contributed by atoms with Gasteiger partial charge in [0.2, 0.25) is 5.91 Å². The maximum atomic E-state index is 12.4. The summed E-state index contributed by atoms with van der Waals surface area (Å²) in [6.07, 6.45) is 3.14. The van der Waals surface area contributed by atoms with Crippen LogP contribution in [-0.4, -0.2) is 24.5 Å². The summed E-state index contributed by atoms with van der Waals surface area (Å²) in [7, 11) is 0. The van der Waals surface area contributed by atoms with Gasteiger partial charge in [0.15, 0.2) is 0 Å². The van der Waals surface area contributed by atoms with Gasteiger partial charge in [0.05, 0.1) is 21.8 Å². The smallest absolute Gasteiger partial charge is 0.244 e. The average Bonchev–Trinajstić information content (AvgIpc) is 3.07. The Hall–Kier alpha value is -0.290. The van der Waals surface area contributed by atoms with Crippen molar-refractivity contribution < 1.29 is 4.79 Å². The molecule has 1 aromatic rings. The zero-order chi connectivity index (χ0) is 13.6. The highest BCUT2D eigenvalue weighted by Gasteiger charge is 2.37. The molecule has 1 aliphatic carbocycles. The Bertz CT molecular complexity index is 510. The maximum absolute atomic E-state index is 12.4. The molecule has 0 radical (unpaired) electrons. The van der Waals surface area contributed by atoms with Gasteiger partial charge in [0, 0.05) is 17.1 Å². The summed E-state index contributed by atoms with van der Waals surface area (Å²) in [5, 5.41) is 4.37. The van der Waals surface area contributed by atoms with E-state index in [4.69, 9.17) is 23.2 Å². The van der Waals surface area contributed by atoms with Gasteiger partial charge in [-0.3, -0.25) is 4.79 Å². The summed E-state index contributed by atoms with van der Waals surface area (Å²) in [6, 6.07) is 3.95. The van der Waals surface area contributed by atoms with Crippen molar-refractivity contribution >= 4 is 50.7 Å². The van der Waals surface area contributed by atoms with Gasteiger partial charge in [0.1, 0.15) is 0 Å². The molecule has 3 nitrogen and oxygen atoms in total. The number of carbonyl (C=O) groups excluding carboxylic acids is 1. The molecule has 6 heteroatoms. The molecular weight excluding hydrogens is 351 g/mol. The molecule has 102 valence electrons. The lowest BCUT2D eigenvalue weighted by Gasteiger charge is -2.20. The first-order valence-corrected chi connectivity index (χ1v) is 7.83. The second-order valence-electron chi connectivity index (χ2n) is 4.99. The van der Waals surface area contributed by atoms with Crippen molar-refractivity contribution in [2.24, 2.45) is 0 Å². The third kappa shape index (κ3) is 2.77. The summed E-state index contributed by atoms with van der Waals surface area (Å²) in [5.74, 6) is 0.0676. The second kappa shape index (κ2) is 5.24. The number of halogens is 3. The Balaban J connectivity index is 1.84. The lowest BCUT2D eigenvalue weighted by atomic mass is 10.2. The van der Waals surface area contributed by atoms with Crippen LogP contribution in [0.25, 0.3) is 0 Å². The lowest BCUT2D eigenvalue weighted by molar-refractivity contribution is -0.118. The number of anilines is 1. The van der Waals surface area contributed by atoms with Crippen LogP contribution in [0.1, 0.15) is 19.3 Å². The van der Waals surface area contributed by atoms with E-state index in [1.165, 1.54) is 12.8 Å². The fourth-order valence-corrected chi connectivity index (χ4v) is 3.80. The number of carbonyl (C=O) groups is 1. The summed E-state index contributed by atoms with van der Waals surface area (Å²) in [5.41, 5.74) is 0.622. The maximum Gasteiger partial charge on any atom is 0.244 e. The lowest BCUT2D eigenvalue weighted by Crippen LogP contribution is -2.39. The minimum atomic E-state index is -0.0942. The van der Waals surface area contributed by atoms with Crippen molar-refractivity contribution in [3.8, 4) is 0 Å². The SMILES string of the molecule is O=C1C(NC2CC2)CCN1c1c(Cl)cc(Br)cc1Cl. The number of nitrogens with zero attached hydrogens (tertiary/aromatic N) is 1. The third-order valence-electron chi connectivity index (χ3n) is 3.47. The molecule has 1 heterocycles. The summed E-state index contributed by atoms with van der Waals surface area (Å²) in [6.45, 7) is 0.657. The molecule has 0 aromatic heterocycles. The van der Waals surface area contributed by atoms with Crippen LogP contribution in [0.3, 0.4) is 0 Å². The van der Waals surface area contributed by atoms with Crippen molar-refractivity contribution in [3.05, 3.63) is 26.7 Å². The number of amides is 1. The molecule has 1 unspecified atom stereocenters. The molecular formula is C13H13BrCl2N2O. The third-order valence-corrected chi connectivity index (χ3v) is 4.51. The van der Waals surface area contributed by atoms with E-state index in [-0.39, 0.29) is 11.9 Å². The van der Waals surface area contributed by atoms with Gasteiger partial charge in [-0.15, -0.1) is 0 Å². The number of hydrogen-bond donors (Lipinski definition) is 1. The number of hydrogen-bond acceptors (Lipinski definition) is 2. The van der Waals surface area contributed by atoms with Crippen molar-refractivity contribution in [3.63, 3.8) is 0 Å². The Labute approximate surface area is 130 Å². The van der Waals surface area contributed by atoms with Crippen LogP contribution in [-0.2, 0) is 4.79 Å². The van der Waals surface area contributed by atoms with Crippen LogP contribution in [0, 0.1) is 0 Å². The predicted octanol–water partition coefficient (Wildman–Crippen LogP) is 3.61. The molecule has 0 spiro atoms. The number of benzene rings is 1. The molecule has 2 fully saturated rings. The van der Waals surface area contributed by atoms with Gasteiger partial charge in [0.25, 0.3) is 0 Å². The monoisotopic (exact) mass is 362 g/mol. The molecule has 1 N–H and O–H groups in total. The van der Waals surface area contributed by atoms with E-state index in [9.17, 15) is 4.79 Å². The highest BCUT2D eigenvalue weighted by molar-refractivity contribution is 9.10. The highest BCUT2D eigenvalue weighted by atomic mass is 79.9. The molecule has 3 rings (SSSR count). The van der Waals surface area contributed by atoms with E-state index >= 15 is 0 Å². The molecule has 0 bridgehead atoms. The van der Waals surface area contributed by atoms with Crippen LogP contribution < -0.4 is 10.2 Å². The normalized spacial score (nSPS) is 23.2. The quantitative estimate of drug-likeness (QED) is 0.889. The molecule has 1 saturated heterocycles. The summed E-state index contributed by atoms with van der Waals surface area (Å²) >= 11 is 15.8. The second-order valence-corrected chi connectivity index (χ2v) is 6.72. The van der Waals surface area contributed by atoms with Crippen molar-refractivity contribution in [2.45, 2.75) is 31.3 Å². The first kappa shape index (κ1) is 13.7. The molecule has 1 aliphatic heterocycles. The first-order valence-electron chi connectivity index (χ1n) is 6.28. The summed E-state index contributed by atoms with van der Waals surface area (Å²) < 4.78 is 0.811. The Morgan fingerprint density at radius 1 is 1.21 bits per heavy atom. The van der Waals surface area contributed by atoms with Crippen LogP contribution in [0.2, 0.25) is 10.0 Å². The summed E-state index contributed by atoms with van der Waals surface area (Å²) in [4.78, 5) is 14.1. The van der Waals surface area contributed by atoms with Gasteiger partial charge in [-0.25, -0.2) is 0 Å². The van der Waals surface area contributed by atoms with Crippen LogP contribution >= 0.6 is 39.1 Å². The van der Waals surface area contributed by atoms with E-state index in [1.54, 1.807) is 17.0 Å². The minimum absolute atomic E-state index is 0.0676. The molecule has 19 heavy (non-hydrogen) atoms. The van der Waals surface area contributed by atoms with Gasteiger partial charge in [-0.1, -0.05) is 39.1 Å². The molecule has 2 aliphatic rings. The number of nitrogens with one attached hydrogen (secondary N) is 1. The van der Waals surface area contributed by atoms with Gasteiger partial charge in [-0.2, -0.15) is 0 Å². The Morgan fingerprint density at radius 2 is 1.84 bits per heavy atom. The van der Waals surface area contributed by atoms with Crippen LogP contribution in [0.5, 0.6) is 0 Å². The number of rotatable bonds is 3. The van der Waals surface area contributed by atoms with E-state index in [1.807, 2.05) is 0 Å². The van der Waals surface area contributed by atoms with Gasteiger partial charge in [-0.05, 0) is 31.4 Å². The molecule has 1 amide bonds. The fraction of sp³-hybridized carbons (Fsp3) is 0.462. The average molecular weight is 364 g/mol. The Kier molecular flexibility index (Phi) is 3.78. The standard InChI is InChI=1S/C13H13BrCl2N2O/c14-7-5-9(15)12(10(16)6-7)18-4-3-11(13(18)19)17-8-1-2-8/h5-6,8,11,17H,1-4H2.